The molecule has 2 atom stereocenters. The van der Waals surface area contributed by atoms with Crippen LogP contribution < -0.4 is 5.32 Å². The van der Waals surface area contributed by atoms with Gasteiger partial charge in [-0.25, -0.2) is 0 Å². The fourth-order valence-electron chi connectivity index (χ4n) is 2.14. The Balaban J connectivity index is 1.99. The first kappa shape index (κ1) is 12.9. The van der Waals surface area contributed by atoms with E-state index in [1.165, 1.54) is 19.3 Å². The average molecular weight is 214 g/mol. The molecule has 0 aromatic carbocycles. The zero-order valence-corrected chi connectivity index (χ0v) is 10.5. The first-order valence-electron chi connectivity index (χ1n) is 6.18. The fourth-order valence-corrected chi connectivity index (χ4v) is 2.14. The van der Waals surface area contributed by atoms with Crippen LogP contribution in [-0.2, 0) is 4.74 Å². The quantitative estimate of drug-likeness (QED) is 0.725. The molecule has 0 aromatic heterocycles. The fraction of sp³-hybridized carbons (Fsp3) is 1.00. The van der Waals surface area contributed by atoms with Crippen molar-refractivity contribution in [1.82, 2.24) is 10.2 Å². The van der Waals surface area contributed by atoms with Crippen LogP contribution in [0.25, 0.3) is 0 Å². The third kappa shape index (κ3) is 6.13. The number of ether oxygens (including phenoxy) is 1. The lowest BCUT2D eigenvalue weighted by Gasteiger charge is -2.24. The molecule has 1 rings (SSSR count). The van der Waals surface area contributed by atoms with Gasteiger partial charge in [0.05, 0.1) is 6.10 Å². The van der Waals surface area contributed by atoms with Crippen molar-refractivity contribution in [2.45, 2.75) is 44.8 Å². The minimum atomic E-state index is 0.512. The highest BCUT2D eigenvalue weighted by molar-refractivity contribution is 4.68. The standard InChI is InChI=1S/C12H26N2O/c1-11(10-14(2)3)13-8-7-12-6-4-5-9-15-12/h11-13H,4-10H2,1-3H3. The normalized spacial score (nSPS) is 24.4. The van der Waals surface area contributed by atoms with Gasteiger partial charge >= 0.3 is 0 Å². The van der Waals surface area contributed by atoms with Gasteiger partial charge in [0.15, 0.2) is 0 Å². The summed E-state index contributed by atoms with van der Waals surface area (Å²) in [5.41, 5.74) is 0. The predicted octanol–water partition coefficient (Wildman–Crippen LogP) is 1.49. The van der Waals surface area contributed by atoms with Crippen molar-refractivity contribution in [3.63, 3.8) is 0 Å². The van der Waals surface area contributed by atoms with Crippen LogP contribution in [0.3, 0.4) is 0 Å². The summed E-state index contributed by atoms with van der Waals surface area (Å²) in [7, 11) is 4.23. The number of likely N-dealkylation sites (N-methyl/N-ethyl adjacent to an activating group) is 1. The van der Waals surface area contributed by atoms with Crippen LogP contribution >= 0.6 is 0 Å². The van der Waals surface area contributed by atoms with Gasteiger partial charge in [0, 0.05) is 19.2 Å². The molecule has 3 nitrogen and oxygen atoms in total. The number of nitrogens with one attached hydrogen (secondary N) is 1. The van der Waals surface area contributed by atoms with Gasteiger partial charge in [-0.2, -0.15) is 0 Å². The second-order valence-corrected chi connectivity index (χ2v) is 4.89. The van der Waals surface area contributed by atoms with E-state index in [4.69, 9.17) is 4.74 Å². The van der Waals surface area contributed by atoms with Crippen molar-refractivity contribution in [3.05, 3.63) is 0 Å². The van der Waals surface area contributed by atoms with E-state index in [-0.39, 0.29) is 0 Å². The van der Waals surface area contributed by atoms with Gasteiger partial charge in [-0.3, -0.25) is 0 Å². The SMILES string of the molecule is CC(CN(C)C)NCCC1CCCCO1. The van der Waals surface area contributed by atoms with E-state index < -0.39 is 0 Å². The molecule has 1 aliphatic heterocycles. The van der Waals surface area contributed by atoms with Crippen LogP contribution in [0.15, 0.2) is 0 Å². The summed E-state index contributed by atoms with van der Waals surface area (Å²) in [4.78, 5) is 2.22. The van der Waals surface area contributed by atoms with Gasteiger partial charge in [-0.15, -0.1) is 0 Å². The molecule has 1 saturated heterocycles. The van der Waals surface area contributed by atoms with Crippen molar-refractivity contribution >= 4 is 0 Å². The van der Waals surface area contributed by atoms with E-state index in [2.05, 4.69) is 31.2 Å². The predicted molar refractivity (Wildman–Crippen MR) is 64.2 cm³/mol. The van der Waals surface area contributed by atoms with E-state index in [1.807, 2.05) is 0 Å². The summed E-state index contributed by atoms with van der Waals surface area (Å²) < 4.78 is 5.69. The lowest BCUT2D eigenvalue weighted by molar-refractivity contribution is 0.0112. The van der Waals surface area contributed by atoms with Gasteiger partial charge in [0.25, 0.3) is 0 Å². The van der Waals surface area contributed by atoms with Crippen molar-refractivity contribution in [2.75, 3.05) is 33.8 Å². The van der Waals surface area contributed by atoms with Crippen LogP contribution in [0.4, 0.5) is 0 Å². The van der Waals surface area contributed by atoms with E-state index in [1.54, 1.807) is 0 Å². The second kappa shape index (κ2) is 7.20. The Morgan fingerprint density at radius 3 is 2.80 bits per heavy atom. The molecule has 1 N–H and O–H groups in total. The molecule has 1 aliphatic rings. The summed E-state index contributed by atoms with van der Waals surface area (Å²) in [5.74, 6) is 0. The maximum absolute atomic E-state index is 5.69. The monoisotopic (exact) mass is 214 g/mol. The highest BCUT2D eigenvalue weighted by Gasteiger charge is 2.13. The molecule has 3 heteroatoms. The van der Waals surface area contributed by atoms with E-state index in [0.29, 0.717) is 12.1 Å². The first-order chi connectivity index (χ1) is 7.18. The maximum Gasteiger partial charge on any atom is 0.0587 e. The van der Waals surface area contributed by atoms with E-state index in [9.17, 15) is 0 Å². The van der Waals surface area contributed by atoms with Crippen LogP contribution in [0.5, 0.6) is 0 Å². The van der Waals surface area contributed by atoms with Crippen LogP contribution in [-0.4, -0.2) is 50.8 Å². The highest BCUT2D eigenvalue weighted by atomic mass is 16.5. The average Bonchev–Trinajstić information content (AvgIpc) is 2.18. The third-order valence-corrected chi connectivity index (χ3v) is 2.87. The van der Waals surface area contributed by atoms with Crippen molar-refractivity contribution in [1.29, 1.82) is 0 Å². The summed E-state index contributed by atoms with van der Waals surface area (Å²) in [6.07, 6.45) is 5.53. The van der Waals surface area contributed by atoms with Crippen LogP contribution in [0, 0.1) is 0 Å². The molecular formula is C12H26N2O. The molecule has 0 amide bonds. The Kier molecular flexibility index (Phi) is 6.22. The highest BCUT2D eigenvalue weighted by Crippen LogP contribution is 2.14. The Bertz CT molecular complexity index is 156. The Hall–Kier alpha value is -0.120. The molecule has 15 heavy (non-hydrogen) atoms. The third-order valence-electron chi connectivity index (χ3n) is 2.87. The lowest BCUT2D eigenvalue weighted by Crippen LogP contribution is -2.37. The molecule has 2 unspecified atom stereocenters. The van der Waals surface area contributed by atoms with Crippen molar-refractivity contribution < 1.29 is 4.74 Å². The summed E-state index contributed by atoms with van der Waals surface area (Å²) in [6.45, 7) is 5.39. The number of rotatable bonds is 6. The zero-order chi connectivity index (χ0) is 11.1. The van der Waals surface area contributed by atoms with Crippen LogP contribution in [0.2, 0.25) is 0 Å². The Morgan fingerprint density at radius 2 is 2.20 bits per heavy atom. The van der Waals surface area contributed by atoms with Gasteiger partial charge in [-0.05, 0) is 53.2 Å². The lowest BCUT2D eigenvalue weighted by atomic mass is 10.1. The topological polar surface area (TPSA) is 24.5 Å². The Labute approximate surface area is 94.2 Å². The molecule has 1 heterocycles. The molecular weight excluding hydrogens is 188 g/mol. The maximum atomic E-state index is 5.69. The van der Waals surface area contributed by atoms with E-state index >= 15 is 0 Å². The summed E-state index contributed by atoms with van der Waals surface area (Å²) in [5, 5.41) is 3.54. The second-order valence-electron chi connectivity index (χ2n) is 4.89. The van der Waals surface area contributed by atoms with Gasteiger partial charge < -0.3 is 15.0 Å². The molecule has 0 aliphatic carbocycles. The van der Waals surface area contributed by atoms with Gasteiger partial charge in [0.2, 0.25) is 0 Å². The van der Waals surface area contributed by atoms with Crippen molar-refractivity contribution in [2.24, 2.45) is 0 Å². The summed E-state index contributed by atoms with van der Waals surface area (Å²) >= 11 is 0. The Morgan fingerprint density at radius 1 is 1.40 bits per heavy atom. The molecule has 0 aromatic rings. The zero-order valence-electron chi connectivity index (χ0n) is 10.5. The smallest absolute Gasteiger partial charge is 0.0587 e. The van der Waals surface area contributed by atoms with Crippen molar-refractivity contribution in [3.8, 4) is 0 Å². The van der Waals surface area contributed by atoms with E-state index in [0.717, 1.165) is 26.1 Å². The van der Waals surface area contributed by atoms with Crippen LogP contribution in [0.1, 0.15) is 32.6 Å². The summed E-state index contributed by atoms with van der Waals surface area (Å²) in [6, 6.07) is 0.573. The largest absolute Gasteiger partial charge is 0.378 e. The number of nitrogens with zero attached hydrogens (tertiary/aromatic N) is 1. The minimum absolute atomic E-state index is 0.512. The molecule has 1 fully saturated rings. The molecule has 0 bridgehead atoms. The number of hydrogen-bond donors (Lipinski definition) is 1. The van der Waals surface area contributed by atoms with Gasteiger partial charge in [-0.1, -0.05) is 0 Å². The molecule has 0 radical (unpaired) electrons. The first-order valence-corrected chi connectivity index (χ1v) is 6.18. The number of hydrogen-bond acceptors (Lipinski definition) is 3. The molecule has 90 valence electrons. The van der Waals surface area contributed by atoms with Gasteiger partial charge in [0.1, 0.15) is 0 Å². The minimum Gasteiger partial charge on any atom is -0.378 e. The molecule has 0 saturated carbocycles. The molecule has 0 spiro atoms.